The van der Waals surface area contributed by atoms with Crippen molar-refractivity contribution < 1.29 is 4.74 Å². The molecular formula is C11H17IN2OS. The number of ether oxygens (including phenoxy) is 1. The number of halogens is 1. The molecule has 0 N–H and O–H groups in total. The first-order valence-corrected chi connectivity index (χ1v) is 7.65. The molecule has 0 radical (unpaired) electrons. The van der Waals surface area contributed by atoms with E-state index >= 15 is 0 Å². The largest absolute Gasteiger partial charge is 0.367 e. The van der Waals surface area contributed by atoms with E-state index in [2.05, 4.69) is 45.8 Å². The minimum atomic E-state index is -0.193. The van der Waals surface area contributed by atoms with Crippen molar-refractivity contribution in [1.29, 1.82) is 0 Å². The highest BCUT2D eigenvalue weighted by atomic mass is 127. The highest BCUT2D eigenvalue weighted by molar-refractivity contribution is 14.1. The van der Waals surface area contributed by atoms with Crippen molar-refractivity contribution in [2.24, 2.45) is 5.92 Å². The second kappa shape index (κ2) is 5.27. The van der Waals surface area contributed by atoms with Crippen LogP contribution in [0, 0.1) is 8.93 Å². The van der Waals surface area contributed by atoms with Crippen molar-refractivity contribution in [3.63, 3.8) is 0 Å². The van der Waals surface area contributed by atoms with E-state index in [1.54, 1.807) is 0 Å². The van der Waals surface area contributed by atoms with Crippen LogP contribution in [-0.4, -0.2) is 16.0 Å². The Balaban J connectivity index is 2.22. The number of rotatable bonds is 3. The Bertz CT molecular complexity index is 348. The van der Waals surface area contributed by atoms with E-state index in [-0.39, 0.29) is 5.60 Å². The molecule has 0 saturated heterocycles. The summed E-state index contributed by atoms with van der Waals surface area (Å²) >= 11 is 3.69. The topological polar surface area (TPSA) is 35.0 Å². The van der Waals surface area contributed by atoms with Gasteiger partial charge in [0, 0.05) is 6.61 Å². The van der Waals surface area contributed by atoms with Crippen molar-refractivity contribution in [2.75, 3.05) is 6.61 Å². The summed E-state index contributed by atoms with van der Waals surface area (Å²) in [6, 6.07) is 0. The molecule has 1 aromatic rings. The van der Waals surface area contributed by atoms with E-state index in [4.69, 9.17) is 4.74 Å². The van der Waals surface area contributed by atoms with Gasteiger partial charge in [0.25, 0.3) is 0 Å². The van der Waals surface area contributed by atoms with Crippen molar-refractivity contribution in [3.8, 4) is 0 Å². The first-order valence-electron chi connectivity index (χ1n) is 5.80. The minimum absolute atomic E-state index is 0.193. The smallest absolute Gasteiger partial charge is 0.175 e. The number of hydrogen-bond acceptors (Lipinski definition) is 4. The molecule has 1 aromatic heterocycles. The van der Waals surface area contributed by atoms with Gasteiger partial charge in [0.05, 0.1) is 0 Å². The van der Waals surface area contributed by atoms with E-state index in [1.165, 1.54) is 24.4 Å². The van der Waals surface area contributed by atoms with Gasteiger partial charge in [-0.1, -0.05) is 6.92 Å². The Kier molecular flexibility index (Phi) is 4.18. The molecular weight excluding hydrogens is 335 g/mol. The van der Waals surface area contributed by atoms with Crippen LogP contribution in [0.3, 0.4) is 0 Å². The van der Waals surface area contributed by atoms with E-state index in [0.717, 1.165) is 34.2 Å². The molecule has 1 heterocycles. The molecule has 0 aromatic carbocycles. The molecule has 0 bridgehead atoms. The molecule has 90 valence electrons. The highest BCUT2D eigenvalue weighted by Crippen LogP contribution is 2.41. The zero-order valence-electron chi connectivity index (χ0n) is 9.70. The molecule has 1 aliphatic carbocycles. The molecule has 0 amide bonds. The lowest BCUT2D eigenvalue weighted by Crippen LogP contribution is -2.35. The van der Waals surface area contributed by atoms with Gasteiger partial charge in [0.15, 0.2) is 8.84 Å². The van der Waals surface area contributed by atoms with Gasteiger partial charge in [0.1, 0.15) is 5.60 Å². The number of nitrogens with zero attached hydrogens (tertiary/aromatic N) is 2. The molecule has 3 nitrogen and oxygen atoms in total. The summed E-state index contributed by atoms with van der Waals surface area (Å²) in [5, 5.41) is 0. The summed E-state index contributed by atoms with van der Waals surface area (Å²) in [5.74, 6) is 1.72. The SMILES string of the molecule is CCOC1(c2nsc(I)n2)CCC(C)CC1. The lowest BCUT2D eigenvalue weighted by molar-refractivity contribution is -0.0830. The monoisotopic (exact) mass is 352 g/mol. The molecule has 0 unspecified atom stereocenters. The minimum Gasteiger partial charge on any atom is -0.367 e. The van der Waals surface area contributed by atoms with Crippen molar-refractivity contribution in [2.45, 2.75) is 45.1 Å². The number of aromatic nitrogens is 2. The highest BCUT2D eigenvalue weighted by Gasteiger charge is 2.39. The third-order valence-electron chi connectivity index (χ3n) is 3.31. The molecule has 1 saturated carbocycles. The quantitative estimate of drug-likeness (QED) is 0.780. The zero-order chi connectivity index (χ0) is 11.6. The maximum Gasteiger partial charge on any atom is 0.175 e. The summed E-state index contributed by atoms with van der Waals surface area (Å²) in [6.45, 7) is 5.11. The second-order valence-corrected chi connectivity index (χ2v) is 6.99. The summed E-state index contributed by atoms with van der Waals surface area (Å²) < 4.78 is 11.5. The zero-order valence-corrected chi connectivity index (χ0v) is 12.7. The Labute approximate surface area is 114 Å². The van der Waals surface area contributed by atoms with Crippen LogP contribution < -0.4 is 0 Å². The summed E-state index contributed by atoms with van der Waals surface area (Å²) in [5.41, 5.74) is -0.193. The van der Waals surface area contributed by atoms with E-state index in [0.29, 0.717) is 0 Å². The van der Waals surface area contributed by atoms with Gasteiger partial charge in [-0.2, -0.15) is 4.37 Å². The normalized spacial score (nSPS) is 30.6. The summed E-state index contributed by atoms with van der Waals surface area (Å²) in [4.78, 5) is 4.52. The van der Waals surface area contributed by atoms with E-state index in [1.807, 2.05) is 0 Å². The third kappa shape index (κ3) is 2.56. The van der Waals surface area contributed by atoms with Crippen LogP contribution in [0.15, 0.2) is 0 Å². The maximum absolute atomic E-state index is 6.00. The van der Waals surface area contributed by atoms with Gasteiger partial charge >= 0.3 is 0 Å². The fraction of sp³-hybridized carbons (Fsp3) is 0.818. The lowest BCUT2D eigenvalue weighted by Gasteiger charge is -2.36. The maximum atomic E-state index is 6.00. The average molecular weight is 352 g/mol. The summed E-state index contributed by atoms with van der Waals surface area (Å²) in [6.07, 6.45) is 4.56. The van der Waals surface area contributed by atoms with Gasteiger partial charge in [-0.05, 0) is 72.6 Å². The molecule has 1 aliphatic rings. The summed E-state index contributed by atoms with van der Waals surface area (Å²) in [7, 11) is 0. The van der Waals surface area contributed by atoms with Crippen LogP contribution in [-0.2, 0) is 10.3 Å². The first-order chi connectivity index (χ1) is 7.66. The Morgan fingerprint density at radius 2 is 2.19 bits per heavy atom. The van der Waals surface area contributed by atoms with Crippen LogP contribution in [0.25, 0.3) is 0 Å². The lowest BCUT2D eigenvalue weighted by atomic mass is 9.79. The van der Waals surface area contributed by atoms with Gasteiger partial charge in [0.2, 0.25) is 0 Å². The van der Waals surface area contributed by atoms with Gasteiger partial charge in [-0.3, -0.25) is 0 Å². The molecule has 2 rings (SSSR count). The Hall–Kier alpha value is 0.250. The van der Waals surface area contributed by atoms with E-state index < -0.39 is 0 Å². The molecule has 0 spiro atoms. The molecule has 16 heavy (non-hydrogen) atoms. The van der Waals surface area contributed by atoms with Gasteiger partial charge in [-0.25, -0.2) is 4.98 Å². The van der Waals surface area contributed by atoms with E-state index in [9.17, 15) is 0 Å². The Morgan fingerprint density at radius 3 is 2.69 bits per heavy atom. The first kappa shape index (κ1) is 12.7. The third-order valence-corrected chi connectivity index (χ3v) is 4.65. The van der Waals surface area contributed by atoms with Crippen molar-refractivity contribution >= 4 is 34.1 Å². The second-order valence-electron chi connectivity index (χ2n) is 4.48. The molecule has 5 heteroatoms. The average Bonchev–Trinajstić information content (AvgIpc) is 2.70. The predicted molar refractivity (Wildman–Crippen MR) is 73.6 cm³/mol. The molecule has 0 aliphatic heterocycles. The predicted octanol–water partition coefficient (Wildman–Crippen LogP) is 3.58. The molecule has 1 fully saturated rings. The van der Waals surface area contributed by atoms with Crippen molar-refractivity contribution in [1.82, 2.24) is 9.36 Å². The van der Waals surface area contributed by atoms with Crippen LogP contribution >= 0.6 is 34.1 Å². The fourth-order valence-corrected chi connectivity index (χ4v) is 3.35. The number of hydrogen-bond donors (Lipinski definition) is 0. The van der Waals surface area contributed by atoms with Crippen LogP contribution in [0.1, 0.15) is 45.4 Å². The standard InChI is InChI=1S/C11H17IN2OS/c1-3-15-11(6-4-8(2)5-7-11)9-13-10(12)16-14-9/h8H,3-7H2,1-2H3. The fourth-order valence-electron chi connectivity index (χ4n) is 2.33. The van der Waals surface area contributed by atoms with Gasteiger partial charge in [-0.15, -0.1) is 0 Å². The van der Waals surface area contributed by atoms with Crippen LogP contribution in [0.5, 0.6) is 0 Å². The van der Waals surface area contributed by atoms with Crippen molar-refractivity contribution in [3.05, 3.63) is 8.84 Å². The Morgan fingerprint density at radius 1 is 1.50 bits per heavy atom. The van der Waals surface area contributed by atoms with Gasteiger partial charge < -0.3 is 4.74 Å². The molecule has 0 atom stereocenters. The van der Waals surface area contributed by atoms with Crippen LogP contribution in [0.2, 0.25) is 0 Å². The van der Waals surface area contributed by atoms with Crippen LogP contribution in [0.4, 0.5) is 0 Å².